The van der Waals surface area contributed by atoms with Gasteiger partial charge in [0.2, 0.25) is 5.91 Å². The van der Waals surface area contributed by atoms with Gasteiger partial charge in [0.05, 0.1) is 5.60 Å². The van der Waals surface area contributed by atoms with Gasteiger partial charge in [-0.1, -0.05) is 19.8 Å². The first kappa shape index (κ1) is 13.8. The summed E-state index contributed by atoms with van der Waals surface area (Å²) in [5.41, 5.74) is -0.294. The summed E-state index contributed by atoms with van der Waals surface area (Å²) in [7, 11) is 1.76. The Morgan fingerprint density at radius 3 is 2.39 bits per heavy atom. The second-order valence-electron chi connectivity index (χ2n) is 6.09. The third kappa shape index (κ3) is 2.86. The molecule has 0 unspecified atom stereocenters. The van der Waals surface area contributed by atoms with E-state index in [4.69, 9.17) is 4.74 Å². The van der Waals surface area contributed by atoms with Crippen LogP contribution >= 0.6 is 0 Å². The van der Waals surface area contributed by atoms with Crippen LogP contribution < -0.4 is 10.6 Å². The Kier molecular flexibility index (Phi) is 4.28. The van der Waals surface area contributed by atoms with Gasteiger partial charge in [-0.25, -0.2) is 0 Å². The van der Waals surface area contributed by atoms with Crippen molar-refractivity contribution in [2.75, 3.05) is 26.7 Å². The Labute approximate surface area is 110 Å². The molecule has 0 bridgehead atoms. The largest absolute Gasteiger partial charge is 0.376 e. The molecule has 0 aromatic heterocycles. The number of ether oxygens (including phenoxy) is 1. The maximum atomic E-state index is 12.3. The van der Waals surface area contributed by atoms with E-state index in [1.165, 1.54) is 12.8 Å². The van der Waals surface area contributed by atoms with Crippen molar-refractivity contribution in [2.24, 2.45) is 5.41 Å². The van der Waals surface area contributed by atoms with Gasteiger partial charge in [0.15, 0.2) is 0 Å². The average Bonchev–Trinajstić information content (AvgIpc) is 2.85. The van der Waals surface area contributed by atoms with Crippen LogP contribution in [0.25, 0.3) is 0 Å². The quantitative estimate of drug-likeness (QED) is 0.798. The molecule has 2 fully saturated rings. The number of amides is 1. The van der Waals surface area contributed by atoms with Crippen molar-refractivity contribution in [3.63, 3.8) is 0 Å². The molecule has 0 aromatic rings. The van der Waals surface area contributed by atoms with Gasteiger partial charge in [-0.05, 0) is 38.8 Å². The molecule has 2 rings (SSSR count). The van der Waals surface area contributed by atoms with Crippen molar-refractivity contribution in [1.82, 2.24) is 10.6 Å². The van der Waals surface area contributed by atoms with E-state index in [1.54, 1.807) is 7.11 Å². The van der Waals surface area contributed by atoms with Crippen molar-refractivity contribution in [2.45, 2.75) is 51.0 Å². The molecular weight excluding hydrogens is 228 g/mol. The Balaban J connectivity index is 1.87. The van der Waals surface area contributed by atoms with Crippen LogP contribution in [0.2, 0.25) is 0 Å². The summed E-state index contributed by atoms with van der Waals surface area (Å²) in [5.74, 6) is 0.218. The lowest BCUT2D eigenvalue weighted by Gasteiger charge is -2.37. The highest BCUT2D eigenvalue weighted by Gasteiger charge is 2.38. The van der Waals surface area contributed by atoms with Crippen LogP contribution in [0.4, 0.5) is 0 Å². The first-order valence-electron chi connectivity index (χ1n) is 7.14. The smallest absolute Gasteiger partial charge is 0.226 e. The zero-order chi connectivity index (χ0) is 13.1. The van der Waals surface area contributed by atoms with E-state index in [0.717, 1.165) is 38.8 Å². The van der Waals surface area contributed by atoms with Crippen molar-refractivity contribution in [3.05, 3.63) is 0 Å². The fourth-order valence-electron chi connectivity index (χ4n) is 3.17. The Morgan fingerprint density at radius 1 is 1.22 bits per heavy atom. The van der Waals surface area contributed by atoms with Crippen LogP contribution in [0.15, 0.2) is 0 Å². The molecule has 0 spiro atoms. The van der Waals surface area contributed by atoms with E-state index in [-0.39, 0.29) is 16.9 Å². The highest BCUT2D eigenvalue weighted by atomic mass is 16.5. The summed E-state index contributed by atoms with van der Waals surface area (Å²) in [6.45, 7) is 4.69. The number of hydrogen-bond acceptors (Lipinski definition) is 3. The van der Waals surface area contributed by atoms with Gasteiger partial charge in [-0.3, -0.25) is 4.79 Å². The molecule has 0 radical (unpaired) electrons. The molecule has 4 nitrogen and oxygen atoms in total. The van der Waals surface area contributed by atoms with E-state index in [9.17, 15) is 4.79 Å². The molecule has 1 heterocycles. The summed E-state index contributed by atoms with van der Waals surface area (Å²) >= 11 is 0. The van der Waals surface area contributed by atoms with E-state index in [1.807, 2.05) is 0 Å². The van der Waals surface area contributed by atoms with E-state index in [0.29, 0.717) is 6.54 Å². The van der Waals surface area contributed by atoms with Gasteiger partial charge in [0.1, 0.15) is 0 Å². The molecule has 1 amide bonds. The fourth-order valence-corrected chi connectivity index (χ4v) is 3.17. The number of carbonyl (C=O) groups is 1. The van der Waals surface area contributed by atoms with Crippen LogP contribution in [0, 0.1) is 5.41 Å². The van der Waals surface area contributed by atoms with E-state index < -0.39 is 0 Å². The van der Waals surface area contributed by atoms with Crippen molar-refractivity contribution < 1.29 is 9.53 Å². The Bertz CT molecular complexity index is 292. The van der Waals surface area contributed by atoms with Gasteiger partial charge >= 0.3 is 0 Å². The average molecular weight is 254 g/mol. The van der Waals surface area contributed by atoms with E-state index in [2.05, 4.69) is 17.6 Å². The molecule has 104 valence electrons. The third-order valence-electron chi connectivity index (χ3n) is 4.77. The standard InChI is InChI=1S/C14H26N2O2/c1-13(5-3-4-6-13)12(17)16-11-14(18-2)7-9-15-10-8-14/h15H,3-11H2,1-2H3,(H,16,17). The second kappa shape index (κ2) is 5.57. The topological polar surface area (TPSA) is 50.4 Å². The maximum absolute atomic E-state index is 12.3. The molecule has 1 aliphatic carbocycles. The molecule has 2 N–H and O–H groups in total. The normalized spacial score (nSPS) is 25.9. The number of piperidine rings is 1. The Morgan fingerprint density at radius 2 is 1.83 bits per heavy atom. The van der Waals surface area contributed by atoms with Crippen molar-refractivity contribution >= 4 is 5.91 Å². The molecule has 0 aromatic carbocycles. The minimum absolute atomic E-state index is 0.137. The molecule has 1 saturated carbocycles. The van der Waals surface area contributed by atoms with Crippen LogP contribution in [-0.2, 0) is 9.53 Å². The second-order valence-corrected chi connectivity index (χ2v) is 6.09. The van der Waals surface area contributed by atoms with Crippen LogP contribution in [-0.4, -0.2) is 38.3 Å². The van der Waals surface area contributed by atoms with Crippen LogP contribution in [0.5, 0.6) is 0 Å². The SMILES string of the molecule is COC1(CNC(=O)C2(C)CCCC2)CCNCC1. The number of carbonyl (C=O) groups excluding carboxylic acids is 1. The fraction of sp³-hybridized carbons (Fsp3) is 0.929. The van der Waals surface area contributed by atoms with Gasteiger partial charge in [0, 0.05) is 19.1 Å². The van der Waals surface area contributed by atoms with Gasteiger partial charge in [0.25, 0.3) is 0 Å². The highest BCUT2D eigenvalue weighted by molar-refractivity contribution is 5.82. The maximum Gasteiger partial charge on any atom is 0.226 e. The number of methoxy groups -OCH3 is 1. The van der Waals surface area contributed by atoms with Crippen LogP contribution in [0.1, 0.15) is 45.4 Å². The summed E-state index contributed by atoms with van der Waals surface area (Å²) in [4.78, 5) is 12.3. The minimum Gasteiger partial charge on any atom is -0.376 e. The first-order chi connectivity index (χ1) is 8.60. The van der Waals surface area contributed by atoms with E-state index >= 15 is 0 Å². The lowest BCUT2D eigenvalue weighted by atomic mass is 9.86. The Hall–Kier alpha value is -0.610. The lowest BCUT2D eigenvalue weighted by Crippen LogP contribution is -2.52. The summed E-state index contributed by atoms with van der Waals surface area (Å²) < 4.78 is 5.67. The predicted molar refractivity (Wildman–Crippen MR) is 71.4 cm³/mol. The summed E-state index contributed by atoms with van der Waals surface area (Å²) in [6, 6.07) is 0. The van der Waals surface area contributed by atoms with Crippen LogP contribution in [0.3, 0.4) is 0 Å². The highest BCUT2D eigenvalue weighted by Crippen LogP contribution is 2.37. The minimum atomic E-state index is -0.157. The first-order valence-corrected chi connectivity index (χ1v) is 7.14. The van der Waals surface area contributed by atoms with Gasteiger partial charge < -0.3 is 15.4 Å². The lowest BCUT2D eigenvalue weighted by molar-refractivity contribution is -0.132. The zero-order valence-corrected chi connectivity index (χ0v) is 11.7. The zero-order valence-electron chi connectivity index (χ0n) is 11.7. The molecular formula is C14H26N2O2. The molecule has 0 atom stereocenters. The monoisotopic (exact) mass is 254 g/mol. The number of nitrogens with one attached hydrogen (secondary N) is 2. The molecule has 18 heavy (non-hydrogen) atoms. The third-order valence-corrected chi connectivity index (χ3v) is 4.77. The molecule has 4 heteroatoms. The summed E-state index contributed by atoms with van der Waals surface area (Å²) in [5, 5.41) is 6.47. The molecule has 2 aliphatic rings. The molecule has 1 aliphatic heterocycles. The van der Waals surface area contributed by atoms with Gasteiger partial charge in [-0.2, -0.15) is 0 Å². The summed E-state index contributed by atoms with van der Waals surface area (Å²) in [6.07, 6.45) is 6.37. The van der Waals surface area contributed by atoms with Gasteiger partial charge in [-0.15, -0.1) is 0 Å². The number of hydrogen-bond donors (Lipinski definition) is 2. The number of rotatable bonds is 4. The predicted octanol–water partition coefficient (Wildman–Crippen LogP) is 1.45. The van der Waals surface area contributed by atoms with Crippen molar-refractivity contribution in [1.29, 1.82) is 0 Å². The van der Waals surface area contributed by atoms with Crippen molar-refractivity contribution in [3.8, 4) is 0 Å². The molecule has 1 saturated heterocycles.